The number of hydrogen-bond donors (Lipinski definition) is 1. The van der Waals surface area contributed by atoms with Gasteiger partial charge in [0.1, 0.15) is 5.82 Å². The molecule has 0 spiro atoms. The number of fused-ring (bicyclic) bond motifs is 1. The molecule has 0 bridgehead atoms. The molecule has 1 aromatic carbocycles. The van der Waals surface area contributed by atoms with Crippen LogP contribution in [-0.2, 0) is 11.2 Å². The van der Waals surface area contributed by atoms with Gasteiger partial charge in [-0.25, -0.2) is 0 Å². The lowest BCUT2D eigenvalue weighted by Crippen LogP contribution is -2.27. The smallest absolute Gasteiger partial charge is 0.230 e. The van der Waals surface area contributed by atoms with Crippen molar-refractivity contribution in [2.24, 2.45) is 0 Å². The van der Waals surface area contributed by atoms with Crippen molar-refractivity contribution >= 4 is 34.9 Å². The van der Waals surface area contributed by atoms with E-state index in [2.05, 4.69) is 15.5 Å². The second kappa shape index (κ2) is 7.48. The van der Waals surface area contributed by atoms with Gasteiger partial charge in [0, 0.05) is 29.1 Å². The van der Waals surface area contributed by atoms with Crippen LogP contribution >= 0.6 is 23.4 Å². The van der Waals surface area contributed by atoms with E-state index in [1.54, 1.807) is 0 Å². The Morgan fingerprint density at radius 1 is 1.17 bits per heavy atom. The van der Waals surface area contributed by atoms with E-state index in [-0.39, 0.29) is 5.91 Å². The molecule has 2 aromatic heterocycles. The first kappa shape index (κ1) is 15.8. The lowest BCUT2D eigenvalue weighted by atomic mass is 10.4. The zero-order chi connectivity index (χ0) is 16.1. The van der Waals surface area contributed by atoms with Crippen LogP contribution in [0.15, 0.2) is 53.6 Å². The molecule has 0 unspecified atom stereocenters. The van der Waals surface area contributed by atoms with Crippen molar-refractivity contribution in [3.05, 3.63) is 59.5 Å². The zero-order valence-electron chi connectivity index (χ0n) is 12.3. The first-order valence-electron chi connectivity index (χ1n) is 7.16. The normalized spacial score (nSPS) is 10.8. The van der Waals surface area contributed by atoms with Gasteiger partial charge in [-0.3, -0.25) is 9.20 Å². The van der Waals surface area contributed by atoms with Crippen LogP contribution in [0.2, 0.25) is 5.02 Å². The third-order valence-corrected chi connectivity index (χ3v) is 4.50. The van der Waals surface area contributed by atoms with Gasteiger partial charge in [0.25, 0.3) is 0 Å². The second-order valence-corrected chi connectivity index (χ2v) is 6.37. The van der Waals surface area contributed by atoms with E-state index in [9.17, 15) is 4.79 Å². The zero-order valence-corrected chi connectivity index (χ0v) is 13.8. The molecular weight excluding hydrogens is 332 g/mol. The molecule has 118 valence electrons. The Labute approximate surface area is 143 Å². The van der Waals surface area contributed by atoms with Crippen molar-refractivity contribution in [2.45, 2.75) is 11.3 Å². The molecule has 3 rings (SSSR count). The number of pyridine rings is 1. The Balaban J connectivity index is 1.45. The van der Waals surface area contributed by atoms with E-state index in [4.69, 9.17) is 11.6 Å². The molecule has 5 nitrogen and oxygen atoms in total. The minimum Gasteiger partial charge on any atom is -0.355 e. The van der Waals surface area contributed by atoms with Crippen molar-refractivity contribution < 1.29 is 4.79 Å². The Morgan fingerprint density at radius 2 is 2.00 bits per heavy atom. The first-order chi connectivity index (χ1) is 11.2. The van der Waals surface area contributed by atoms with Gasteiger partial charge in [-0.05, 0) is 36.4 Å². The number of nitrogens with one attached hydrogen (secondary N) is 1. The molecule has 0 aliphatic rings. The van der Waals surface area contributed by atoms with Crippen LogP contribution in [0.4, 0.5) is 0 Å². The summed E-state index contributed by atoms with van der Waals surface area (Å²) in [5.74, 6) is 1.22. The largest absolute Gasteiger partial charge is 0.355 e. The first-order valence-corrected chi connectivity index (χ1v) is 8.52. The monoisotopic (exact) mass is 346 g/mol. The third-order valence-electron chi connectivity index (χ3n) is 3.24. The average Bonchev–Trinajstić information content (AvgIpc) is 2.98. The molecule has 0 radical (unpaired) electrons. The highest BCUT2D eigenvalue weighted by Gasteiger charge is 2.06. The van der Waals surface area contributed by atoms with Gasteiger partial charge >= 0.3 is 0 Å². The molecule has 0 saturated carbocycles. The fraction of sp³-hybridized carbons (Fsp3) is 0.188. The highest BCUT2D eigenvalue weighted by molar-refractivity contribution is 8.00. The van der Waals surface area contributed by atoms with Crippen LogP contribution in [0.3, 0.4) is 0 Å². The number of nitrogens with zero attached hydrogens (tertiary/aromatic N) is 3. The Morgan fingerprint density at radius 3 is 2.83 bits per heavy atom. The van der Waals surface area contributed by atoms with E-state index in [0.717, 1.165) is 16.4 Å². The molecule has 23 heavy (non-hydrogen) atoms. The van der Waals surface area contributed by atoms with Crippen molar-refractivity contribution in [1.82, 2.24) is 19.9 Å². The Hall–Kier alpha value is -2.05. The van der Waals surface area contributed by atoms with Gasteiger partial charge in [-0.2, -0.15) is 0 Å². The maximum Gasteiger partial charge on any atom is 0.230 e. The molecule has 3 aromatic rings. The number of rotatable bonds is 6. The van der Waals surface area contributed by atoms with Gasteiger partial charge in [0.05, 0.1) is 5.75 Å². The number of benzene rings is 1. The van der Waals surface area contributed by atoms with Crippen molar-refractivity contribution in [2.75, 3.05) is 12.3 Å². The molecular formula is C16H15ClN4OS. The summed E-state index contributed by atoms with van der Waals surface area (Å²) >= 11 is 7.32. The van der Waals surface area contributed by atoms with Crippen LogP contribution in [0.5, 0.6) is 0 Å². The second-order valence-electron chi connectivity index (χ2n) is 4.89. The molecule has 7 heteroatoms. The predicted octanol–water partition coefficient (Wildman–Crippen LogP) is 2.83. The molecule has 2 heterocycles. The molecule has 0 fully saturated rings. The van der Waals surface area contributed by atoms with Crippen LogP contribution in [0.1, 0.15) is 5.82 Å². The fourth-order valence-corrected chi connectivity index (χ4v) is 2.96. The number of carbonyl (C=O) groups is 1. The summed E-state index contributed by atoms with van der Waals surface area (Å²) in [7, 11) is 0. The Kier molecular flexibility index (Phi) is 5.15. The van der Waals surface area contributed by atoms with E-state index in [0.29, 0.717) is 23.7 Å². The summed E-state index contributed by atoms with van der Waals surface area (Å²) < 4.78 is 1.93. The number of carbonyl (C=O) groups excluding carboxylic acids is 1. The number of halogens is 1. The maximum atomic E-state index is 11.9. The molecule has 0 aliphatic heterocycles. The van der Waals surface area contributed by atoms with Gasteiger partial charge in [-0.1, -0.05) is 17.7 Å². The Bertz CT molecular complexity index is 803. The molecule has 1 amide bonds. The summed E-state index contributed by atoms with van der Waals surface area (Å²) in [4.78, 5) is 12.9. The van der Waals surface area contributed by atoms with Crippen molar-refractivity contribution in [1.29, 1.82) is 0 Å². The van der Waals surface area contributed by atoms with Gasteiger partial charge in [0.15, 0.2) is 5.65 Å². The number of hydrogen-bond acceptors (Lipinski definition) is 4. The van der Waals surface area contributed by atoms with Gasteiger partial charge in [0.2, 0.25) is 5.91 Å². The summed E-state index contributed by atoms with van der Waals surface area (Å²) in [5.41, 5.74) is 0.812. The summed E-state index contributed by atoms with van der Waals surface area (Å²) in [6.45, 7) is 0.537. The van der Waals surface area contributed by atoms with Crippen LogP contribution in [-0.4, -0.2) is 32.8 Å². The van der Waals surface area contributed by atoms with Crippen molar-refractivity contribution in [3.63, 3.8) is 0 Å². The van der Waals surface area contributed by atoms with Crippen LogP contribution < -0.4 is 5.32 Å². The van der Waals surface area contributed by atoms with Crippen molar-refractivity contribution in [3.8, 4) is 0 Å². The number of thioether (sulfide) groups is 1. The minimum atomic E-state index is -0.00114. The van der Waals surface area contributed by atoms with Crippen LogP contribution in [0, 0.1) is 0 Å². The highest BCUT2D eigenvalue weighted by Crippen LogP contribution is 2.19. The lowest BCUT2D eigenvalue weighted by Gasteiger charge is -2.05. The molecule has 1 N–H and O–H groups in total. The quantitative estimate of drug-likeness (QED) is 0.697. The standard InChI is InChI=1S/C16H15ClN4OS/c17-12-4-6-13(7-5-12)23-11-16(22)18-9-8-15-20-19-14-3-1-2-10-21(14)15/h1-7,10H,8-9,11H2,(H,18,22). The maximum absolute atomic E-state index is 11.9. The third kappa shape index (κ3) is 4.24. The van der Waals surface area contributed by atoms with Crippen LogP contribution in [0.25, 0.3) is 5.65 Å². The lowest BCUT2D eigenvalue weighted by molar-refractivity contribution is -0.118. The van der Waals surface area contributed by atoms with E-state index < -0.39 is 0 Å². The molecule has 0 aliphatic carbocycles. The van der Waals surface area contributed by atoms with Gasteiger partial charge < -0.3 is 5.32 Å². The molecule has 0 saturated heterocycles. The number of aromatic nitrogens is 3. The van der Waals surface area contributed by atoms with Gasteiger partial charge in [-0.15, -0.1) is 22.0 Å². The minimum absolute atomic E-state index is 0.00114. The summed E-state index contributed by atoms with van der Waals surface area (Å²) in [5, 5.41) is 11.8. The predicted molar refractivity (Wildman–Crippen MR) is 91.9 cm³/mol. The highest BCUT2D eigenvalue weighted by atomic mass is 35.5. The van der Waals surface area contributed by atoms with E-state index in [1.165, 1.54) is 11.8 Å². The number of amides is 1. The van der Waals surface area contributed by atoms with E-state index in [1.807, 2.05) is 53.1 Å². The topological polar surface area (TPSA) is 59.3 Å². The van der Waals surface area contributed by atoms with E-state index >= 15 is 0 Å². The fourth-order valence-electron chi connectivity index (χ4n) is 2.11. The summed E-state index contributed by atoms with van der Waals surface area (Å²) in [6.07, 6.45) is 2.56. The average molecular weight is 347 g/mol. The molecule has 0 atom stereocenters. The SMILES string of the molecule is O=C(CSc1ccc(Cl)cc1)NCCc1nnc2ccccn12. The summed E-state index contributed by atoms with van der Waals surface area (Å²) in [6, 6.07) is 13.2.